The molecule has 2 unspecified atom stereocenters. The van der Waals surface area contributed by atoms with Gasteiger partial charge in [-0.15, -0.1) is 0 Å². The maximum absolute atomic E-state index is 11.9. The topological polar surface area (TPSA) is 52.3 Å². The van der Waals surface area contributed by atoms with Crippen molar-refractivity contribution >= 4 is 10.8 Å². The van der Waals surface area contributed by atoms with Crippen LogP contribution in [0.3, 0.4) is 0 Å². The molecule has 2 rings (SSSR count). The second kappa shape index (κ2) is 4.93. The molecule has 0 aromatic heterocycles. The number of rotatable bonds is 6. The molecule has 2 aliphatic rings. The smallest absolute Gasteiger partial charge is 0.0691 e. The second-order valence-corrected chi connectivity index (χ2v) is 6.43. The van der Waals surface area contributed by atoms with Gasteiger partial charge in [0, 0.05) is 28.9 Å². The third kappa shape index (κ3) is 3.26. The SMILES string of the molecule is NCCC1(CS(=O)CC2CCCO2)CC1. The van der Waals surface area contributed by atoms with E-state index in [1.54, 1.807) is 0 Å². The molecule has 0 bridgehead atoms. The van der Waals surface area contributed by atoms with Gasteiger partial charge in [-0.05, 0) is 44.1 Å². The molecule has 2 fully saturated rings. The summed E-state index contributed by atoms with van der Waals surface area (Å²) in [4.78, 5) is 0. The minimum atomic E-state index is -0.699. The number of hydrogen-bond acceptors (Lipinski definition) is 3. The molecule has 1 saturated heterocycles. The first-order valence-electron chi connectivity index (χ1n) is 5.91. The van der Waals surface area contributed by atoms with Crippen LogP contribution in [0.4, 0.5) is 0 Å². The maximum atomic E-state index is 11.9. The minimum Gasteiger partial charge on any atom is -0.377 e. The molecule has 4 heteroatoms. The van der Waals surface area contributed by atoms with E-state index in [-0.39, 0.29) is 6.10 Å². The van der Waals surface area contributed by atoms with Crippen LogP contribution in [0.25, 0.3) is 0 Å². The predicted molar refractivity (Wildman–Crippen MR) is 62.2 cm³/mol. The van der Waals surface area contributed by atoms with Crippen LogP contribution >= 0.6 is 0 Å². The Bertz CT molecular complexity index is 235. The highest BCUT2D eigenvalue weighted by Crippen LogP contribution is 2.49. The predicted octanol–water partition coefficient (Wildman–Crippen LogP) is 1.04. The van der Waals surface area contributed by atoms with Crippen molar-refractivity contribution < 1.29 is 8.95 Å². The summed E-state index contributed by atoms with van der Waals surface area (Å²) in [5, 5.41) is 0. The highest BCUT2D eigenvalue weighted by atomic mass is 32.2. The minimum absolute atomic E-state index is 0.263. The summed E-state index contributed by atoms with van der Waals surface area (Å²) in [5.74, 6) is 1.59. The number of hydrogen-bond donors (Lipinski definition) is 1. The summed E-state index contributed by atoms with van der Waals surface area (Å²) in [5.41, 5.74) is 5.92. The van der Waals surface area contributed by atoms with Crippen molar-refractivity contribution in [2.24, 2.45) is 11.1 Å². The van der Waals surface area contributed by atoms with Crippen LogP contribution in [0.15, 0.2) is 0 Å². The Labute approximate surface area is 94.2 Å². The molecule has 1 aliphatic heterocycles. The number of nitrogens with two attached hydrogens (primary N) is 1. The molecule has 1 saturated carbocycles. The van der Waals surface area contributed by atoms with E-state index in [0.717, 1.165) is 43.9 Å². The lowest BCUT2D eigenvalue weighted by Gasteiger charge is -2.15. The fraction of sp³-hybridized carbons (Fsp3) is 1.00. The van der Waals surface area contributed by atoms with Crippen LogP contribution < -0.4 is 5.73 Å². The molecule has 1 heterocycles. The van der Waals surface area contributed by atoms with Gasteiger partial charge in [0.05, 0.1) is 6.10 Å². The zero-order valence-electron chi connectivity index (χ0n) is 9.24. The molecule has 0 radical (unpaired) electrons. The van der Waals surface area contributed by atoms with E-state index in [1.807, 2.05) is 0 Å². The lowest BCUT2D eigenvalue weighted by Crippen LogP contribution is -2.23. The molecule has 15 heavy (non-hydrogen) atoms. The Kier molecular flexibility index (Phi) is 3.80. The summed E-state index contributed by atoms with van der Waals surface area (Å²) in [6, 6.07) is 0. The molecule has 1 aliphatic carbocycles. The lowest BCUT2D eigenvalue weighted by atomic mass is 10.1. The van der Waals surface area contributed by atoms with Gasteiger partial charge in [-0.2, -0.15) is 0 Å². The van der Waals surface area contributed by atoms with Crippen molar-refractivity contribution in [2.75, 3.05) is 24.7 Å². The Morgan fingerprint density at radius 1 is 1.47 bits per heavy atom. The first-order chi connectivity index (χ1) is 7.24. The zero-order valence-corrected chi connectivity index (χ0v) is 10.1. The van der Waals surface area contributed by atoms with E-state index in [4.69, 9.17) is 10.5 Å². The second-order valence-electron chi connectivity index (χ2n) is 4.92. The van der Waals surface area contributed by atoms with Crippen molar-refractivity contribution in [3.63, 3.8) is 0 Å². The average Bonchev–Trinajstić information content (AvgIpc) is 2.75. The van der Waals surface area contributed by atoms with Gasteiger partial charge in [0.25, 0.3) is 0 Å². The Morgan fingerprint density at radius 2 is 2.27 bits per heavy atom. The molecule has 0 aromatic rings. The van der Waals surface area contributed by atoms with Gasteiger partial charge in [0.15, 0.2) is 0 Å². The summed E-state index contributed by atoms with van der Waals surface area (Å²) >= 11 is 0. The molecule has 2 atom stereocenters. The Morgan fingerprint density at radius 3 is 2.80 bits per heavy atom. The standard InChI is InChI=1S/C11H21NO2S/c12-6-5-11(3-4-11)9-15(13)8-10-2-1-7-14-10/h10H,1-9,12H2. The molecule has 0 aromatic carbocycles. The molecule has 0 amide bonds. The van der Waals surface area contributed by atoms with E-state index in [2.05, 4.69) is 0 Å². The zero-order chi connectivity index (χ0) is 10.7. The largest absolute Gasteiger partial charge is 0.377 e. The Hall–Kier alpha value is 0.0700. The van der Waals surface area contributed by atoms with Gasteiger partial charge in [-0.1, -0.05) is 0 Å². The van der Waals surface area contributed by atoms with Crippen molar-refractivity contribution in [3.05, 3.63) is 0 Å². The van der Waals surface area contributed by atoms with Crippen molar-refractivity contribution in [1.82, 2.24) is 0 Å². The molecule has 88 valence electrons. The summed E-state index contributed by atoms with van der Waals surface area (Å²) in [6.45, 7) is 1.59. The van der Waals surface area contributed by atoms with Crippen molar-refractivity contribution in [1.29, 1.82) is 0 Å². The summed E-state index contributed by atoms with van der Waals surface area (Å²) < 4.78 is 17.4. The fourth-order valence-corrected chi connectivity index (χ4v) is 4.24. The first kappa shape index (κ1) is 11.6. The van der Waals surface area contributed by atoms with E-state index in [1.165, 1.54) is 12.8 Å². The van der Waals surface area contributed by atoms with E-state index in [9.17, 15) is 4.21 Å². The maximum Gasteiger partial charge on any atom is 0.0691 e. The third-order valence-corrected chi connectivity index (χ3v) is 5.17. The van der Waals surface area contributed by atoms with E-state index in [0.29, 0.717) is 5.41 Å². The van der Waals surface area contributed by atoms with Gasteiger partial charge in [0.2, 0.25) is 0 Å². The first-order valence-corrected chi connectivity index (χ1v) is 7.40. The van der Waals surface area contributed by atoms with Crippen LogP contribution in [0.2, 0.25) is 0 Å². The van der Waals surface area contributed by atoms with Gasteiger partial charge in [0.1, 0.15) is 0 Å². The van der Waals surface area contributed by atoms with Gasteiger partial charge in [-0.3, -0.25) is 4.21 Å². The third-order valence-electron chi connectivity index (χ3n) is 3.49. The van der Waals surface area contributed by atoms with E-state index >= 15 is 0 Å². The van der Waals surface area contributed by atoms with Gasteiger partial charge < -0.3 is 10.5 Å². The van der Waals surface area contributed by atoms with Crippen molar-refractivity contribution in [3.8, 4) is 0 Å². The van der Waals surface area contributed by atoms with Crippen LogP contribution in [-0.4, -0.2) is 35.0 Å². The highest BCUT2D eigenvalue weighted by Gasteiger charge is 2.43. The van der Waals surface area contributed by atoms with Crippen molar-refractivity contribution in [2.45, 2.75) is 38.2 Å². The molecule has 3 nitrogen and oxygen atoms in total. The fourth-order valence-electron chi connectivity index (χ4n) is 2.33. The molecular weight excluding hydrogens is 210 g/mol. The van der Waals surface area contributed by atoms with E-state index < -0.39 is 10.8 Å². The Balaban J connectivity index is 1.72. The quantitative estimate of drug-likeness (QED) is 0.743. The monoisotopic (exact) mass is 231 g/mol. The summed E-state index contributed by atoms with van der Waals surface area (Å²) in [7, 11) is -0.699. The lowest BCUT2D eigenvalue weighted by molar-refractivity contribution is 0.128. The van der Waals surface area contributed by atoms with Crippen LogP contribution in [0, 0.1) is 5.41 Å². The van der Waals surface area contributed by atoms with Crippen LogP contribution in [0.5, 0.6) is 0 Å². The molecule has 2 N–H and O–H groups in total. The molecular formula is C11H21NO2S. The van der Waals surface area contributed by atoms with Gasteiger partial charge in [-0.25, -0.2) is 0 Å². The normalized spacial score (nSPS) is 30.3. The van der Waals surface area contributed by atoms with Crippen LogP contribution in [0.1, 0.15) is 32.1 Å². The van der Waals surface area contributed by atoms with Crippen LogP contribution in [-0.2, 0) is 15.5 Å². The summed E-state index contributed by atoms with van der Waals surface area (Å²) in [6.07, 6.45) is 5.98. The molecule has 0 spiro atoms. The van der Waals surface area contributed by atoms with Gasteiger partial charge >= 0.3 is 0 Å². The number of ether oxygens (including phenoxy) is 1. The average molecular weight is 231 g/mol. The highest BCUT2D eigenvalue weighted by molar-refractivity contribution is 7.85.